The van der Waals surface area contributed by atoms with Gasteiger partial charge in [0.1, 0.15) is 12.6 Å². The lowest BCUT2D eigenvalue weighted by Crippen LogP contribution is -2.54. The van der Waals surface area contributed by atoms with Gasteiger partial charge >= 0.3 is 0 Å². The van der Waals surface area contributed by atoms with E-state index >= 15 is 0 Å². The van der Waals surface area contributed by atoms with Crippen molar-refractivity contribution in [3.63, 3.8) is 0 Å². The van der Waals surface area contributed by atoms with Crippen LogP contribution in [-0.2, 0) is 32.6 Å². The Morgan fingerprint density at radius 3 is 2.17 bits per heavy atom. The van der Waals surface area contributed by atoms with E-state index in [1.807, 2.05) is 80.6 Å². The number of benzene rings is 4. The second-order valence-electron chi connectivity index (χ2n) is 12.0. The van der Waals surface area contributed by atoms with Crippen LogP contribution in [0, 0.1) is 13.8 Å². The number of nitrogens with one attached hydrogen (secondary N) is 1. The minimum Gasteiger partial charge on any atom is -0.352 e. The van der Waals surface area contributed by atoms with Gasteiger partial charge in [0.2, 0.25) is 11.8 Å². The predicted molar refractivity (Wildman–Crippen MR) is 186 cm³/mol. The fraction of sp³-hybridized carbons (Fsp3) is 0.297. The third-order valence-electron chi connectivity index (χ3n) is 8.49. The fourth-order valence-corrected chi connectivity index (χ4v) is 7.87. The molecule has 4 aromatic rings. The molecule has 7 nitrogen and oxygen atoms in total. The van der Waals surface area contributed by atoms with Crippen LogP contribution < -0.4 is 9.62 Å². The van der Waals surface area contributed by atoms with Crippen LogP contribution in [0.3, 0.4) is 0 Å². The quantitative estimate of drug-likeness (QED) is 0.173. The summed E-state index contributed by atoms with van der Waals surface area (Å²) in [6, 6.07) is 30.2. The molecule has 0 saturated heterocycles. The summed E-state index contributed by atoms with van der Waals surface area (Å²) in [5.41, 5.74) is 3.77. The summed E-state index contributed by atoms with van der Waals surface area (Å²) in [6.45, 7) is 3.36. The van der Waals surface area contributed by atoms with Gasteiger partial charge in [0.15, 0.2) is 0 Å². The zero-order valence-corrected chi connectivity index (χ0v) is 28.6. The van der Waals surface area contributed by atoms with Crippen molar-refractivity contribution in [3.05, 3.63) is 130 Å². The minimum absolute atomic E-state index is 0.0546. The fourth-order valence-electron chi connectivity index (χ4n) is 5.95. The lowest BCUT2D eigenvalue weighted by atomic mass is 10.0. The molecule has 1 saturated carbocycles. The highest BCUT2D eigenvalue weighted by atomic mass is 79.9. The molecule has 240 valence electrons. The maximum atomic E-state index is 14.7. The van der Waals surface area contributed by atoms with Crippen LogP contribution in [0.25, 0.3) is 0 Å². The molecular weight excluding hydrogens is 662 g/mol. The molecule has 5 rings (SSSR count). The van der Waals surface area contributed by atoms with Gasteiger partial charge in [-0.3, -0.25) is 13.9 Å². The normalized spacial score (nSPS) is 14.1. The number of anilines is 1. The molecule has 46 heavy (non-hydrogen) atoms. The summed E-state index contributed by atoms with van der Waals surface area (Å²) in [5, 5.41) is 3.21. The molecule has 9 heteroatoms. The molecule has 0 spiro atoms. The molecule has 1 N–H and O–H groups in total. The highest BCUT2D eigenvalue weighted by Crippen LogP contribution is 2.28. The first-order chi connectivity index (χ1) is 22.1. The maximum absolute atomic E-state index is 14.7. The molecular formula is C37H40BrN3O4S. The summed E-state index contributed by atoms with van der Waals surface area (Å²) in [4.78, 5) is 30.4. The van der Waals surface area contributed by atoms with Gasteiger partial charge in [-0.2, -0.15) is 0 Å². The Bertz CT molecular complexity index is 1760. The Morgan fingerprint density at radius 1 is 0.848 bits per heavy atom. The van der Waals surface area contributed by atoms with Gasteiger partial charge in [0.05, 0.1) is 10.6 Å². The predicted octanol–water partition coefficient (Wildman–Crippen LogP) is 6.96. The average molecular weight is 703 g/mol. The van der Waals surface area contributed by atoms with E-state index in [2.05, 4.69) is 21.2 Å². The summed E-state index contributed by atoms with van der Waals surface area (Å²) >= 11 is 3.53. The summed E-state index contributed by atoms with van der Waals surface area (Å²) in [5.74, 6) is -0.704. The third-order valence-corrected chi connectivity index (χ3v) is 10.8. The number of para-hydroxylation sites is 1. The maximum Gasteiger partial charge on any atom is 0.264 e. The highest BCUT2D eigenvalue weighted by molar-refractivity contribution is 9.10. The van der Waals surface area contributed by atoms with Crippen LogP contribution in [0.2, 0.25) is 0 Å². The van der Waals surface area contributed by atoms with Gasteiger partial charge in [-0.1, -0.05) is 107 Å². The molecule has 1 atom stereocenters. The van der Waals surface area contributed by atoms with Crippen molar-refractivity contribution >= 4 is 43.5 Å². The lowest BCUT2D eigenvalue weighted by Gasteiger charge is -2.34. The van der Waals surface area contributed by atoms with E-state index in [1.165, 1.54) is 4.31 Å². The zero-order valence-electron chi connectivity index (χ0n) is 26.2. The number of hydrogen-bond acceptors (Lipinski definition) is 4. The van der Waals surface area contributed by atoms with Crippen LogP contribution in [0.5, 0.6) is 0 Å². The van der Waals surface area contributed by atoms with Crippen molar-refractivity contribution in [3.8, 4) is 0 Å². The Kier molecular flexibility index (Phi) is 11.0. The number of carbonyl (C=O) groups is 2. The molecule has 2 amide bonds. The van der Waals surface area contributed by atoms with Crippen molar-refractivity contribution in [2.45, 2.75) is 69.5 Å². The van der Waals surface area contributed by atoms with Crippen molar-refractivity contribution in [1.29, 1.82) is 0 Å². The van der Waals surface area contributed by atoms with Crippen LogP contribution >= 0.6 is 15.9 Å². The van der Waals surface area contributed by atoms with Gasteiger partial charge in [-0.25, -0.2) is 8.42 Å². The zero-order chi connectivity index (χ0) is 32.7. The average Bonchev–Trinajstić information content (AvgIpc) is 3.55. The van der Waals surface area contributed by atoms with Gasteiger partial charge in [-0.05, 0) is 73.7 Å². The van der Waals surface area contributed by atoms with E-state index in [4.69, 9.17) is 0 Å². The number of rotatable bonds is 12. The van der Waals surface area contributed by atoms with Crippen molar-refractivity contribution in [2.24, 2.45) is 0 Å². The minimum atomic E-state index is -4.15. The lowest BCUT2D eigenvalue weighted by molar-refractivity contribution is -0.140. The standard InChI is InChI=1S/C37H40BrN3O4S/c1-27-19-21-33(22-20-27)46(44,45)41(34-18-9-6-11-28(34)2)26-36(42)40(25-30-14-10-15-31(38)23-30)35(24-29-12-4-3-5-13-29)37(43)39-32-16-7-8-17-32/h3-6,9-15,18-23,32,35H,7-8,16-17,24-26H2,1-2H3,(H,39,43)/t35-/m1/s1. The number of halogens is 1. The largest absolute Gasteiger partial charge is 0.352 e. The van der Waals surface area contributed by atoms with Crippen molar-refractivity contribution < 1.29 is 18.0 Å². The first-order valence-corrected chi connectivity index (χ1v) is 17.9. The second-order valence-corrected chi connectivity index (χ2v) is 14.7. The van der Waals surface area contributed by atoms with Gasteiger partial charge in [-0.15, -0.1) is 0 Å². The first kappa shape index (κ1) is 33.4. The monoisotopic (exact) mass is 701 g/mol. The molecule has 0 bridgehead atoms. The van der Waals surface area contributed by atoms with E-state index < -0.39 is 28.5 Å². The SMILES string of the molecule is Cc1ccc(S(=O)(=O)N(CC(=O)N(Cc2cccc(Br)c2)[C@H](Cc2ccccc2)C(=O)NC2CCCC2)c2ccccc2C)cc1. The molecule has 4 aromatic carbocycles. The number of amides is 2. The third kappa shape index (κ3) is 8.25. The molecule has 0 radical (unpaired) electrons. The smallest absolute Gasteiger partial charge is 0.264 e. The van der Waals surface area contributed by atoms with Gasteiger partial charge in [0.25, 0.3) is 10.0 Å². The van der Waals surface area contributed by atoms with E-state index in [9.17, 15) is 18.0 Å². The molecule has 1 fully saturated rings. The Hall–Kier alpha value is -3.95. The topological polar surface area (TPSA) is 86.8 Å². The van der Waals surface area contributed by atoms with Crippen LogP contribution in [0.4, 0.5) is 5.69 Å². The molecule has 1 aliphatic carbocycles. The Labute approximate surface area is 280 Å². The van der Waals surface area contributed by atoms with Crippen molar-refractivity contribution in [2.75, 3.05) is 10.8 Å². The molecule has 0 aliphatic heterocycles. The summed E-state index contributed by atoms with van der Waals surface area (Å²) < 4.78 is 30.5. The molecule has 0 aromatic heterocycles. The summed E-state index contributed by atoms with van der Waals surface area (Å²) in [6.07, 6.45) is 4.20. The Balaban J connectivity index is 1.57. The van der Waals surface area contributed by atoms with Gasteiger partial charge < -0.3 is 10.2 Å². The number of hydrogen-bond donors (Lipinski definition) is 1. The number of carbonyl (C=O) groups excluding carboxylic acids is 2. The number of aryl methyl sites for hydroxylation is 2. The molecule has 0 unspecified atom stereocenters. The summed E-state index contributed by atoms with van der Waals surface area (Å²) in [7, 11) is -4.15. The van der Waals surface area contributed by atoms with Crippen LogP contribution in [-0.4, -0.2) is 43.8 Å². The second kappa shape index (κ2) is 15.1. The van der Waals surface area contributed by atoms with E-state index in [-0.39, 0.29) is 29.8 Å². The van der Waals surface area contributed by atoms with Crippen LogP contribution in [0.1, 0.15) is 47.9 Å². The van der Waals surface area contributed by atoms with E-state index in [0.29, 0.717) is 11.3 Å². The van der Waals surface area contributed by atoms with E-state index in [1.54, 1.807) is 41.3 Å². The number of sulfonamides is 1. The van der Waals surface area contributed by atoms with Gasteiger partial charge in [0, 0.05) is 23.5 Å². The van der Waals surface area contributed by atoms with E-state index in [0.717, 1.165) is 46.8 Å². The molecule has 1 aliphatic rings. The van der Waals surface area contributed by atoms with Crippen molar-refractivity contribution in [1.82, 2.24) is 10.2 Å². The Morgan fingerprint density at radius 2 is 1.50 bits per heavy atom. The van der Waals surface area contributed by atoms with Crippen LogP contribution in [0.15, 0.2) is 112 Å². The highest BCUT2D eigenvalue weighted by Gasteiger charge is 2.36. The molecule has 0 heterocycles. The first-order valence-electron chi connectivity index (χ1n) is 15.6. The number of nitrogens with zero attached hydrogens (tertiary/aromatic N) is 2.